The third-order valence-electron chi connectivity index (χ3n) is 7.53. The molecule has 1 heterocycles. The number of carbonyl (C=O) groups is 2. The molecule has 1 saturated heterocycles. The number of hydrogen-bond acceptors (Lipinski definition) is 6. The van der Waals surface area contributed by atoms with E-state index in [2.05, 4.69) is 5.32 Å². The number of carbonyl (C=O) groups excluding carboxylic acids is 2. The fourth-order valence-corrected chi connectivity index (χ4v) is 4.86. The number of benzene rings is 1. The molecule has 1 aromatic rings. The molecule has 1 saturated carbocycles. The van der Waals surface area contributed by atoms with Crippen LogP contribution in [0.15, 0.2) is 18.2 Å². The minimum atomic E-state index is -0.785. The van der Waals surface area contributed by atoms with Crippen molar-refractivity contribution in [1.82, 2.24) is 10.2 Å². The first-order valence-corrected chi connectivity index (χ1v) is 13.3. The van der Waals surface area contributed by atoms with Crippen LogP contribution in [-0.4, -0.2) is 66.6 Å². The molecule has 2 N–H and O–H groups in total. The van der Waals surface area contributed by atoms with Crippen LogP contribution in [-0.2, 0) is 9.53 Å². The number of hydrogen-bond donors (Lipinski definition) is 2. The average Bonchev–Trinajstić information content (AvgIpc) is 3.53. The van der Waals surface area contributed by atoms with Gasteiger partial charge in [-0.15, -0.1) is 0 Å². The highest BCUT2D eigenvalue weighted by atomic mass is 16.6. The Morgan fingerprint density at radius 2 is 1.81 bits per heavy atom. The first kappa shape index (κ1) is 29.1. The van der Waals surface area contributed by atoms with Crippen LogP contribution in [0.25, 0.3) is 0 Å². The Labute approximate surface area is 222 Å². The number of aliphatic hydroxyl groups excluding tert-OH is 1. The summed E-state index contributed by atoms with van der Waals surface area (Å²) in [6, 6.07) is 5.09. The fraction of sp³-hybridized carbons (Fsp3) is 0.724. The second kappa shape index (κ2) is 10.7. The van der Waals surface area contributed by atoms with E-state index in [0.717, 1.165) is 5.56 Å². The molecular weight excluding hydrogens is 472 g/mol. The fourth-order valence-electron chi connectivity index (χ4n) is 4.86. The van der Waals surface area contributed by atoms with E-state index in [9.17, 15) is 14.7 Å². The monoisotopic (exact) mass is 518 g/mol. The number of nitrogens with zero attached hydrogens (tertiary/aromatic N) is 1. The maximum absolute atomic E-state index is 13.9. The van der Waals surface area contributed by atoms with E-state index >= 15 is 0 Å². The molecule has 8 nitrogen and oxygen atoms in total. The molecule has 0 spiro atoms. The lowest BCUT2D eigenvalue weighted by Gasteiger charge is -2.35. The van der Waals surface area contributed by atoms with E-state index in [1.807, 2.05) is 45.9 Å². The summed E-state index contributed by atoms with van der Waals surface area (Å²) in [5, 5.41) is 13.7. The second-order valence-electron chi connectivity index (χ2n) is 13.1. The lowest BCUT2D eigenvalue weighted by molar-refractivity contribution is -0.135. The van der Waals surface area contributed by atoms with Gasteiger partial charge >= 0.3 is 6.09 Å². The van der Waals surface area contributed by atoms with Crippen molar-refractivity contribution in [2.24, 2.45) is 16.7 Å². The molecule has 2 fully saturated rings. The van der Waals surface area contributed by atoms with E-state index in [-0.39, 0.29) is 11.8 Å². The van der Waals surface area contributed by atoms with Gasteiger partial charge in [-0.3, -0.25) is 4.79 Å². The first-order valence-electron chi connectivity index (χ1n) is 13.3. The van der Waals surface area contributed by atoms with Gasteiger partial charge in [-0.2, -0.15) is 0 Å². The number of amides is 2. The van der Waals surface area contributed by atoms with Crippen LogP contribution in [0, 0.1) is 16.7 Å². The van der Waals surface area contributed by atoms with Crippen molar-refractivity contribution in [3.8, 4) is 11.5 Å². The van der Waals surface area contributed by atoms with E-state index in [1.165, 1.54) is 12.8 Å². The zero-order valence-corrected chi connectivity index (χ0v) is 24.0. The topological polar surface area (TPSA) is 97.3 Å². The van der Waals surface area contributed by atoms with Crippen LogP contribution in [0.2, 0.25) is 0 Å². The molecule has 2 amide bonds. The molecule has 0 radical (unpaired) electrons. The van der Waals surface area contributed by atoms with Crippen molar-refractivity contribution in [2.45, 2.75) is 91.9 Å². The average molecular weight is 519 g/mol. The normalized spacial score (nSPS) is 23.8. The third-order valence-corrected chi connectivity index (χ3v) is 7.53. The molecule has 4 atom stereocenters. The highest BCUT2D eigenvalue weighted by Gasteiger charge is 2.50. The summed E-state index contributed by atoms with van der Waals surface area (Å²) in [6.45, 7) is 16.3. The highest BCUT2D eigenvalue weighted by molar-refractivity contribution is 5.87. The highest BCUT2D eigenvalue weighted by Crippen LogP contribution is 2.47. The second-order valence-corrected chi connectivity index (χ2v) is 13.1. The molecule has 0 aromatic heterocycles. The van der Waals surface area contributed by atoms with Crippen LogP contribution in [0.5, 0.6) is 11.5 Å². The summed E-state index contributed by atoms with van der Waals surface area (Å²) in [5.41, 5.74) is -0.825. The van der Waals surface area contributed by atoms with E-state index < -0.39 is 34.7 Å². The predicted molar refractivity (Wildman–Crippen MR) is 143 cm³/mol. The van der Waals surface area contributed by atoms with E-state index in [1.54, 1.807) is 39.7 Å². The van der Waals surface area contributed by atoms with Crippen LogP contribution >= 0.6 is 0 Å². The zero-order valence-electron chi connectivity index (χ0n) is 24.0. The summed E-state index contributed by atoms with van der Waals surface area (Å²) in [6.07, 6.45) is 1.09. The summed E-state index contributed by atoms with van der Waals surface area (Å²) in [4.78, 5) is 28.2. The van der Waals surface area contributed by atoms with Crippen molar-refractivity contribution in [2.75, 3.05) is 26.8 Å². The Balaban J connectivity index is 1.87. The van der Waals surface area contributed by atoms with Crippen LogP contribution in [0.3, 0.4) is 0 Å². The Kier molecular flexibility index (Phi) is 8.42. The van der Waals surface area contributed by atoms with Gasteiger partial charge in [-0.05, 0) is 69.6 Å². The third kappa shape index (κ3) is 7.09. The van der Waals surface area contributed by atoms with Gasteiger partial charge in [0.15, 0.2) is 11.5 Å². The number of aliphatic hydroxyl groups is 1. The first-order chi connectivity index (χ1) is 17.0. The molecule has 1 aromatic carbocycles. The minimum absolute atomic E-state index is 0.132. The molecule has 208 valence electrons. The number of alkyl carbamates (subject to hydrolysis) is 1. The summed E-state index contributed by atoms with van der Waals surface area (Å²) < 4.78 is 17.1. The van der Waals surface area contributed by atoms with Gasteiger partial charge in [0.05, 0.1) is 19.8 Å². The number of ether oxygens (including phenoxy) is 3. The molecular formula is C29H46N2O6. The number of nitrogens with one attached hydrogen (secondary N) is 1. The summed E-state index contributed by atoms with van der Waals surface area (Å²) >= 11 is 0. The Morgan fingerprint density at radius 1 is 1.16 bits per heavy atom. The summed E-state index contributed by atoms with van der Waals surface area (Å²) in [5.74, 6) is 1.63. The molecule has 2 aliphatic rings. The number of likely N-dealkylation sites (tertiary alicyclic amines) is 1. The van der Waals surface area contributed by atoms with Crippen molar-refractivity contribution >= 4 is 12.0 Å². The molecule has 3 rings (SSSR count). The maximum atomic E-state index is 13.9. The quantitative estimate of drug-likeness (QED) is 0.516. The Hall–Kier alpha value is -2.48. The minimum Gasteiger partial charge on any atom is -0.493 e. The Morgan fingerprint density at radius 3 is 2.32 bits per heavy atom. The Bertz CT molecular complexity index is 976. The van der Waals surface area contributed by atoms with E-state index in [4.69, 9.17) is 14.2 Å². The largest absolute Gasteiger partial charge is 0.493 e. The van der Waals surface area contributed by atoms with Gasteiger partial charge in [0, 0.05) is 24.4 Å². The maximum Gasteiger partial charge on any atom is 0.408 e. The number of methoxy groups -OCH3 is 1. The molecule has 37 heavy (non-hydrogen) atoms. The van der Waals surface area contributed by atoms with Crippen molar-refractivity contribution in [1.29, 1.82) is 0 Å². The molecule has 1 aliphatic carbocycles. The zero-order chi connectivity index (χ0) is 27.8. The van der Waals surface area contributed by atoms with Gasteiger partial charge in [-0.1, -0.05) is 33.8 Å². The van der Waals surface area contributed by atoms with Crippen LogP contribution < -0.4 is 14.8 Å². The lowest BCUT2D eigenvalue weighted by atomic mass is 9.72. The molecule has 1 aliphatic heterocycles. The van der Waals surface area contributed by atoms with Crippen LogP contribution in [0.4, 0.5) is 4.79 Å². The van der Waals surface area contributed by atoms with Crippen LogP contribution in [0.1, 0.15) is 79.7 Å². The predicted octanol–water partition coefficient (Wildman–Crippen LogP) is 4.74. The van der Waals surface area contributed by atoms with Crippen molar-refractivity contribution in [3.05, 3.63) is 23.8 Å². The SMILES string of the molecule is COc1ccc([C@@H]2CN(C(=O)C(NC(=O)OC(C)(C)C)C(C)(C)C)C[C@@]2(C)[C@@H](C)O)cc1OCC1CC1. The molecule has 0 bridgehead atoms. The standard InChI is InChI=1S/C29H46N2O6/c1-18(32)29(8)17-31(25(33)24(27(2,3)4)30-26(34)37-28(5,6)7)15-21(29)20-12-13-22(35-9)23(14-20)36-16-19-10-11-19/h12-14,18-19,21,24,32H,10-11,15-17H2,1-9H3,(H,30,34)/t18-,21+,24?,29+/m1/s1. The van der Waals surface area contributed by atoms with Gasteiger partial charge in [0.1, 0.15) is 11.6 Å². The van der Waals surface area contributed by atoms with Gasteiger partial charge in [0.25, 0.3) is 0 Å². The van der Waals surface area contributed by atoms with Gasteiger partial charge in [0.2, 0.25) is 5.91 Å². The smallest absolute Gasteiger partial charge is 0.408 e. The molecule has 1 unspecified atom stereocenters. The van der Waals surface area contributed by atoms with Gasteiger partial charge in [-0.25, -0.2) is 4.79 Å². The number of rotatable bonds is 8. The van der Waals surface area contributed by atoms with Crippen molar-refractivity contribution < 1.29 is 28.9 Å². The van der Waals surface area contributed by atoms with E-state index in [0.29, 0.717) is 37.1 Å². The van der Waals surface area contributed by atoms with Gasteiger partial charge < -0.3 is 29.5 Å². The summed E-state index contributed by atoms with van der Waals surface area (Å²) in [7, 11) is 1.62. The molecule has 8 heteroatoms. The lowest BCUT2D eigenvalue weighted by Crippen LogP contribution is -2.55. The van der Waals surface area contributed by atoms with Crippen molar-refractivity contribution in [3.63, 3.8) is 0 Å².